The molecule has 2 aromatic rings. The fourth-order valence-electron chi connectivity index (χ4n) is 1.25. The molecule has 0 amide bonds. The van der Waals surface area contributed by atoms with Crippen molar-refractivity contribution in [3.8, 4) is 0 Å². The summed E-state index contributed by atoms with van der Waals surface area (Å²) >= 11 is 8.42. The number of halogens is 1. The second-order valence-corrected chi connectivity index (χ2v) is 6.45. The third-order valence-corrected chi connectivity index (χ3v) is 4.15. The van der Waals surface area contributed by atoms with Gasteiger partial charge in [-0.1, -0.05) is 27.9 Å². The number of carbonyl (C=O) groups is 1. The van der Waals surface area contributed by atoms with E-state index in [1.54, 1.807) is 26.0 Å². The Hall–Kier alpha value is -1.11. The molecule has 7 heteroatoms. The molecule has 1 aromatic carbocycles. The third kappa shape index (κ3) is 3.92. The zero-order chi connectivity index (χ0) is 13.8. The standard InChI is InChI=1S/C12H11ClN2O2S2/c1-7(2)17-11(16)10-12(19-15-14-10)18-9-5-3-8(13)4-6-9/h3-7H,1-2H3. The number of aromatic nitrogens is 2. The van der Waals surface area contributed by atoms with Gasteiger partial charge in [0.05, 0.1) is 6.10 Å². The van der Waals surface area contributed by atoms with E-state index in [1.165, 1.54) is 23.3 Å². The molecule has 0 spiro atoms. The maximum atomic E-state index is 11.8. The lowest BCUT2D eigenvalue weighted by Gasteiger charge is -2.06. The van der Waals surface area contributed by atoms with Crippen molar-refractivity contribution in [2.45, 2.75) is 29.1 Å². The van der Waals surface area contributed by atoms with E-state index < -0.39 is 5.97 Å². The lowest BCUT2D eigenvalue weighted by Crippen LogP contribution is -2.12. The van der Waals surface area contributed by atoms with Crippen molar-refractivity contribution in [3.63, 3.8) is 0 Å². The first-order chi connectivity index (χ1) is 9.06. The lowest BCUT2D eigenvalue weighted by molar-refractivity contribution is 0.0367. The van der Waals surface area contributed by atoms with Crippen LogP contribution < -0.4 is 0 Å². The molecule has 1 aromatic heterocycles. The summed E-state index contributed by atoms with van der Waals surface area (Å²) in [4.78, 5) is 12.8. The van der Waals surface area contributed by atoms with Gasteiger partial charge < -0.3 is 4.74 Å². The van der Waals surface area contributed by atoms with Gasteiger partial charge in [0, 0.05) is 9.92 Å². The van der Waals surface area contributed by atoms with Gasteiger partial charge >= 0.3 is 5.97 Å². The number of hydrogen-bond donors (Lipinski definition) is 0. The van der Waals surface area contributed by atoms with E-state index in [0.29, 0.717) is 9.23 Å². The molecule has 0 aliphatic heterocycles. The summed E-state index contributed by atoms with van der Waals surface area (Å²) in [6.07, 6.45) is -0.178. The number of ether oxygens (including phenoxy) is 1. The zero-order valence-corrected chi connectivity index (χ0v) is 12.7. The van der Waals surface area contributed by atoms with Crippen molar-refractivity contribution in [1.29, 1.82) is 0 Å². The number of rotatable bonds is 4. The second-order valence-electron chi connectivity index (χ2n) is 3.92. The Bertz CT molecular complexity index is 569. The number of benzene rings is 1. The fourth-order valence-corrected chi connectivity index (χ4v) is 3.03. The van der Waals surface area contributed by atoms with Crippen molar-refractivity contribution in [1.82, 2.24) is 9.59 Å². The van der Waals surface area contributed by atoms with Gasteiger partial charge in [-0.25, -0.2) is 4.79 Å². The van der Waals surface area contributed by atoms with Gasteiger partial charge in [0.2, 0.25) is 0 Å². The van der Waals surface area contributed by atoms with Crippen LogP contribution in [0.25, 0.3) is 0 Å². The highest BCUT2D eigenvalue weighted by molar-refractivity contribution is 8.01. The minimum Gasteiger partial charge on any atom is -0.458 e. The molecule has 0 atom stereocenters. The van der Waals surface area contributed by atoms with Crippen molar-refractivity contribution in [2.24, 2.45) is 0 Å². The zero-order valence-electron chi connectivity index (χ0n) is 10.3. The highest BCUT2D eigenvalue weighted by Crippen LogP contribution is 2.33. The van der Waals surface area contributed by atoms with E-state index in [1.807, 2.05) is 12.1 Å². The number of nitrogens with zero attached hydrogens (tertiary/aromatic N) is 2. The SMILES string of the molecule is CC(C)OC(=O)c1nnsc1Sc1ccc(Cl)cc1. The van der Waals surface area contributed by atoms with Crippen LogP contribution in [0.15, 0.2) is 33.4 Å². The van der Waals surface area contributed by atoms with Crippen molar-refractivity contribution in [2.75, 3.05) is 0 Å². The molecule has 0 unspecified atom stereocenters. The summed E-state index contributed by atoms with van der Waals surface area (Å²) in [6, 6.07) is 7.35. The average Bonchev–Trinajstić information content (AvgIpc) is 2.79. The predicted octanol–water partition coefficient (Wildman–Crippen LogP) is 3.91. The van der Waals surface area contributed by atoms with Gasteiger partial charge in [-0.3, -0.25) is 0 Å². The van der Waals surface area contributed by atoms with Crippen LogP contribution in [0.4, 0.5) is 0 Å². The van der Waals surface area contributed by atoms with Crippen molar-refractivity contribution >= 4 is 40.9 Å². The number of carbonyl (C=O) groups excluding carboxylic acids is 1. The highest BCUT2D eigenvalue weighted by atomic mass is 35.5. The molecular weight excluding hydrogens is 304 g/mol. The van der Waals surface area contributed by atoms with E-state index in [4.69, 9.17) is 16.3 Å². The van der Waals surface area contributed by atoms with Gasteiger partial charge in [-0.05, 0) is 49.6 Å². The first-order valence-corrected chi connectivity index (χ1v) is 7.50. The van der Waals surface area contributed by atoms with Gasteiger partial charge in [0.1, 0.15) is 4.21 Å². The summed E-state index contributed by atoms with van der Waals surface area (Å²) in [5, 5.41) is 4.50. The predicted molar refractivity (Wildman–Crippen MR) is 76.0 cm³/mol. The van der Waals surface area contributed by atoms with Crippen LogP contribution in [0.5, 0.6) is 0 Å². The monoisotopic (exact) mass is 314 g/mol. The van der Waals surface area contributed by atoms with Crippen LogP contribution in [-0.4, -0.2) is 21.7 Å². The molecule has 0 saturated carbocycles. The Morgan fingerprint density at radius 2 is 2.05 bits per heavy atom. The summed E-state index contributed by atoms with van der Waals surface area (Å²) in [6.45, 7) is 3.59. The third-order valence-electron chi connectivity index (χ3n) is 2.02. The molecule has 100 valence electrons. The van der Waals surface area contributed by atoms with Crippen molar-refractivity contribution < 1.29 is 9.53 Å². The first kappa shape index (κ1) is 14.3. The molecule has 0 bridgehead atoms. The molecule has 19 heavy (non-hydrogen) atoms. The van der Waals surface area contributed by atoms with Crippen LogP contribution in [0, 0.1) is 0 Å². The highest BCUT2D eigenvalue weighted by Gasteiger charge is 2.19. The smallest absolute Gasteiger partial charge is 0.361 e. The summed E-state index contributed by atoms with van der Waals surface area (Å²) in [5.41, 5.74) is 0.263. The van der Waals surface area contributed by atoms with Gasteiger partial charge in [0.25, 0.3) is 0 Å². The Morgan fingerprint density at radius 1 is 1.37 bits per heavy atom. The minimum absolute atomic E-state index is 0.178. The van der Waals surface area contributed by atoms with Gasteiger partial charge in [0.15, 0.2) is 5.69 Å². The van der Waals surface area contributed by atoms with Crippen LogP contribution in [0.2, 0.25) is 5.02 Å². The Labute approximate surface area is 124 Å². The molecule has 0 aliphatic carbocycles. The van der Waals surface area contributed by atoms with E-state index in [2.05, 4.69) is 9.59 Å². The Morgan fingerprint density at radius 3 is 2.68 bits per heavy atom. The molecule has 0 fully saturated rings. The van der Waals surface area contributed by atoms with Crippen LogP contribution >= 0.6 is 34.9 Å². The van der Waals surface area contributed by atoms with Crippen LogP contribution in [0.3, 0.4) is 0 Å². The van der Waals surface area contributed by atoms with Gasteiger partial charge in [-0.15, -0.1) is 5.10 Å². The van der Waals surface area contributed by atoms with E-state index in [0.717, 1.165) is 4.90 Å². The summed E-state index contributed by atoms with van der Waals surface area (Å²) in [7, 11) is 0. The summed E-state index contributed by atoms with van der Waals surface area (Å²) in [5.74, 6) is -0.444. The molecule has 0 aliphatic rings. The lowest BCUT2D eigenvalue weighted by atomic mass is 10.4. The number of hydrogen-bond acceptors (Lipinski definition) is 6. The Balaban J connectivity index is 2.15. The minimum atomic E-state index is -0.444. The van der Waals surface area contributed by atoms with Crippen LogP contribution in [-0.2, 0) is 4.74 Å². The first-order valence-electron chi connectivity index (χ1n) is 5.53. The second kappa shape index (κ2) is 6.36. The fraction of sp³-hybridized carbons (Fsp3) is 0.250. The largest absolute Gasteiger partial charge is 0.458 e. The molecule has 1 heterocycles. The molecule has 0 N–H and O–H groups in total. The Kier molecular flexibility index (Phi) is 4.79. The number of esters is 1. The summed E-state index contributed by atoms with van der Waals surface area (Å²) < 4.78 is 9.65. The van der Waals surface area contributed by atoms with E-state index in [-0.39, 0.29) is 11.8 Å². The normalized spacial score (nSPS) is 10.7. The average molecular weight is 315 g/mol. The van der Waals surface area contributed by atoms with E-state index >= 15 is 0 Å². The van der Waals surface area contributed by atoms with Crippen LogP contribution in [0.1, 0.15) is 24.3 Å². The van der Waals surface area contributed by atoms with Gasteiger partial charge in [-0.2, -0.15) is 0 Å². The van der Waals surface area contributed by atoms with E-state index in [9.17, 15) is 4.79 Å². The topological polar surface area (TPSA) is 52.1 Å². The molecule has 2 rings (SSSR count). The quantitative estimate of drug-likeness (QED) is 0.801. The maximum absolute atomic E-state index is 11.8. The molecular formula is C12H11ClN2O2S2. The van der Waals surface area contributed by atoms with Crippen molar-refractivity contribution in [3.05, 3.63) is 35.0 Å². The molecule has 4 nitrogen and oxygen atoms in total. The maximum Gasteiger partial charge on any atom is 0.361 e. The molecule has 0 saturated heterocycles. The molecule has 0 radical (unpaired) electrons.